The van der Waals surface area contributed by atoms with Gasteiger partial charge in [-0.25, -0.2) is 25.6 Å². The number of nitrogens with one attached hydrogen (secondary N) is 1. The number of halogens is 3. The zero-order valence-electron chi connectivity index (χ0n) is 10.6. The Morgan fingerprint density at radius 2 is 1.52 bits per heavy atom. The second-order valence-corrected chi connectivity index (χ2v) is 9.28. The molecule has 1 aromatic rings. The third-order valence-corrected chi connectivity index (χ3v) is 6.45. The topological polar surface area (TPSA) is 80.3 Å². The van der Waals surface area contributed by atoms with Gasteiger partial charge in [0.05, 0.1) is 10.1 Å². The summed E-state index contributed by atoms with van der Waals surface area (Å²) in [6.45, 7) is 0. The molecule has 0 radical (unpaired) electrons. The van der Waals surface area contributed by atoms with E-state index in [0.717, 1.165) is 12.8 Å². The Kier molecular flexibility index (Phi) is 4.46. The molecule has 118 valence electrons. The van der Waals surface area contributed by atoms with Crippen LogP contribution in [0.3, 0.4) is 0 Å². The molecule has 0 saturated heterocycles. The van der Waals surface area contributed by atoms with Gasteiger partial charge in [0.2, 0.25) is 10.0 Å². The van der Waals surface area contributed by atoms with Crippen LogP contribution in [0.2, 0.25) is 0 Å². The molecule has 1 N–H and O–H groups in total. The quantitative estimate of drug-likeness (QED) is 0.838. The third-order valence-electron chi connectivity index (χ3n) is 3.28. The predicted molar refractivity (Wildman–Crippen MR) is 74.2 cm³/mol. The normalized spacial score (nSPS) is 17.1. The molecule has 1 saturated carbocycles. The van der Waals surface area contributed by atoms with Crippen molar-refractivity contribution in [3.63, 3.8) is 0 Å². The van der Waals surface area contributed by atoms with Gasteiger partial charge in [0.15, 0.2) is 11.6 Å². The number of hydrogen-bond donors (Lipinski definition) is 1. The molecule has 2 rings (SSSR count). The Bertz CT molecular complexity index is 735. The van der Waals surface area contributed by atoms with Crippen molar-refractivity contribution in [2.75, 3.05) is 4.72 Å². The molecule has 0 aliphatic heterocycles. The molecule has 0 heterocycles. The highest BCUT2D eigenvalue weighted by Crippen LogP contribution is 2.30. The lowest BCUT2D eigenvalue weighted by Gasteiger charge is -2.14. The van der Waals surface area contributed by atoms with Crippen molar-refractivity contribution in [2.24, 2.45) is 0 Å². The van der Waals surface area contributed by atoms with Crippen LogP contribution in [-0.4, -0.2) is 22.1 Å². The van der Waals surface area contributed by atoms with Crippen molar-refractivity contribution in [2.45, 2.75) is 35.8 Å². The average Bonchev–Trinajstić information content (AvgIpc) is 2.86. The monoisotopic (exact) mass is 359 g/mol. The summed E-state index contributed by atoms with van der Waals surface area (Å²) in [6, 6.07) is 0.940. The summed E-state index contributed by atoms with van der Waals surface area (Å²) in [4.78, 5) is -0.775. The molecular weight excluding hydrogens is 348 g/mol. The van der Waals surface area contributed by atoms with Gasteiger partial charge in [-0.1, -0.05) is 12.8 Å². The smallest absolute Gasteiger partial charge is 0.261 e. The lowest BCUT2D eigenvalue weighted by atomic mass is 10.3. The van der Waals surface area contributed by atoms with Crippen molar-refractivity contribution in [1.82, 2.24) is 0 Å². The summed E-state index contributed by atoms with van der Waals surface area (Å²) in [5.41, 5.74) is -0.897. The second kappa shape index (κ2) is 5.69. The summed E-state index contributed by atoms with van der Waals surface area (Å²) in [5.74, 6) is -2.67. The fourth-order valence-electron chi connectivity index (χ4n) is 2.21. The zero-order valence-corrected chi connectivity index (χ0v) is 13.0. The molecule has 0 atom stereocenters. The van der Waals surface area contributed by atoms with Crippen LogP contribution in [0.1, 0.15) is 25.7 Å². The average molecular weight is 360 g/mol. The fourth-order valence-corrected chi connectivity index (χ4v) is 4.57. The maximum atomic E-state index is 13.8. The highest BCUT2D eigenvalue weighted by atomic mass is 35.7. The van der Waals surface area contributed by atoms with E-state index in [2.05, 4.69) is 0 Å². The molecule has 1 fully saturated rings. The zero-order chi connectivity index (χ0) is 15.8. The summed E-state index contributed by atoms with van der Waals surface area (Å²) in [7, 11) is -3.24. The van der Waals surface area contributed by atoms with Crippen molar-refractivity contribution >= 4 is 35.4 Å². The first kappa shape index (κ1) is 16.4. The highest BCUT2D eigenvalue weighted by molar-refractivity contribution is 8.13. The lowest BCUT2D eigenvalue weighted by Crippen LogP contribution is -2.26. The minimum atomic E-state index is -4.31. The maximum Gasteiger partial charge on any atom is 0.261 e. The van der Waals surface area contributed by atoms with Crippen molar-refractivity contribution in [3.05, 3.63) is 23.8 Å². The lowest BCUT2D eigenvalue weighted by molar-refractivity contribution is 0.569. The summed E-state index contributed by atoms with van der Waals surface area (Å²) < 4.78 is 75.5. The predicted octanol–water partition coefficient (Wildman–Crippen LogP) is 2.58. The number of benzene rings is 1. The van der Waals surface area contributed by atoms with Crippen molar-refractivity contribution in [1.29, 1.82) is 0 Å². The van der Waals surface area contributed by atoms with E-state index in [1.165, 1.54) is 0 Å². The number of sulfonamides is 1. The Hall–Kier alpha value is -0.930. The Balaban J connectivity index is 2.37. The van der Waals surface area contributed by atoms with Crippen LogP contribution in [-0.2, 0) is 19.1 Å². The SMILES string of the molecule is O=S(=O)(Cl)c1cc(F)c(NS(=O)(=O)C2CCCC2)c(F)c1. The summed E-state index contributed by atoms with van der Waals surface area (Å²) in [5, 5.41) is -0.701. The maximum absolute atomic E-state index is 13.8. The third kappa shape index (κ3) is 3.64. The van der Waals surface area contributed by atoms with E-state index in [1.54, 1.807) is 0 Å². The van der Waals surface area contributed by atoms with Crippen LogP contribution in [0.5, 0.6) is 0 Å². The molecule has 0 amide bonds. The van der Waals surface area contributed by atoms with Gasteiger partial charge in [-0.3, -0.25) is 4.72 Å². The van der Waals surface area contributed by atoms with Crippen LogP contribution in [0.4, 0.5) is 14.5 Å². The highest BCUT2D eigenvalue weighted by Gasteiger charge is 2.30. The molecule has 1 aliphatic carbocycles. The molecule has 10 heteroatoms. The Morgan fingerprint density at radius 1 is 1.05 bits per heavy atom. The number of hydrogen-bond acceptors (Lipinski definition) is 4. The Morgan fingerprint density at radius 3 is 1.95 bits per heavy atom. The van der Waals surface area contributed by atoms with E-state index >= 15 is 0 Å². The van der Waals surface area contributed by atoms with Gasteiger partial charge in [0.1, 0.15) is 5.69 Å². The first-order valence-electron chi connectivity index (χ1n) is 6.06. The fraction of sp³-hybridized carbons (Fsp3) is 0.455. The van der Waals surface area contributed by atoms with Gasteiger partial charge < -0.3 is 0 Å². The van der Waals surface area contributed by atoms with Gasteiger partial charge >= 0.3 is 0 Å². The molecule has 0 aromatic heterocycles. The number of anilines is 1. The summed E-state index contributed by atoms with van der Waals surface area (Å²) in [6.07, 6.45) is 2.32. The molecule has 21 heavy (non-hydrogen) atoms. The molecule has 1 aliphatic rings. The van der Waals surface area contributed by atoms with Gasteiger partial charge in [0.25, 0.3) is 9.05 Å². The first-order valence-corrected chi connectivity index (χ1v) is 9.92. The van der Waals surface area contributed by atoms with Crippen LogP contribution >= 0.6 is 10.7 Å². The second-order valence-electron chi connectivity index (χ2n) is 4.75. The molecule has 5 nitrogen and oxygen atoms in total. The van der Waals surface area contributed by atoms with Crippen LogP contribution in [0, 0.1) is 11.6 Å². The minimum absolute atomic E-state index is 0.423. The van der Waals surface area contributed by atoms with Crippen molar-refractivity contribution < 1.29 is 25.6 Å². The minimum Gasteiger partial charge on any atom is -0.278 e. The summed E-state index contributed by atoms with van der Waals surface area (Å²) >= 11 is 0. The molecule has 1 aromatic carbocycles. The van der Waals surface area contributed by atoms with E-state index in [9.17, 15) is 25.6 Å². The van der Waals surface area contributed by atoms with E-state index in [1.807, 2.05) is 4.72 Å². The van der Waals surface area contributed by atoms with Gasteiger partial charge in [0, 0.05) is 10.7 Å². The van der Waals surface area contributed by atoms with Crippen molar-refractivity contribution in [3.8, 4) is 0 Å². The standard InChI is InChI=1S/C11H12ClF2NO4S2/c12-20(16,17)8-5-9(13)11(10(14)6-8)15-21(18,19)7-3-1-2-4-7/h5-7,15H,1-4H2. The van der Waals surface area contributed by atoms with Crippen LogP contribution in [0.25, 0.3) is 0 Å². The van der Waals surface area contributed by atoms with Crippen LogP contribution < -0.4 is 4.72 Å². The largest absolute Gasteiger partial charge is 0.278 e. The van der Waals surface area contributed by atoms with E-state index in [-0.39, 0.29) is 0 Å². The molecule has 0 spiro atoms. The Labute approximate surface area is 125 Å². The number of rotatable bonds is 4. The van der Waals surface area contributed by atoms with Gasteiger partial charge in [-0.15, -0.1) is 0 Å². The van der Waals surface area contributed by atoms with E-state index < -0.39 is 46.5 Å². The molecule has 0 bridgehead atoms. The molecule has 0 unspecified atom stereocenters. The molecular formula is C11H12ClF2NO4S2. The van der Waals surface area contributed by atoms with E-state index in [0.29, 0.717) is 25.0 Å². The van der Waals surface area contributed by atoms with Gasteiger partial charge in [-0.2, -0.15) is 0 Å². The van der Waals surface area contributed by atoms with E-state index in [4.69, 9.17) is 10.7 Å². The van der Waals surface area contributed by atoms with Gasteiger partial charge in [-0.05, 0) is 25.0 Å². The first-order chi connectivity index (χ1) is 9.61. The van der Waals surface area contributed by atoms with Crippen LogP contribution in [0.15, 0.2) is 17.0 Å².